The molecule has 0 heterocycles. The zero-order valence-corrected chi connectivity index (χ0v) is 17.6. The van der Waals surface area contributed by atoms with E-state index in [2.05, 4.69) is 12.2 Å². The summed E-state index contributed by atoms with van der Waals surface area (Å²) >= 11 is 0. The Morgan fingerprint density at radius 1 is 1.07 bits per heavy atom. The summed E-state index contributed by atoms with van der Waals surface area (Å²) < 4.78 is 10.7. The van der Waals surface area contributed by atoms with Gasteiger partial charge < -0.3 is 14.8 Å². The smallest absolute Gasteiger partial charge is 0.309 e. The number of esters is 1. The van der Waals surface area contributed by atoms with E-state index in [4.69, 9.17) is 9.47 Å². The first-order chi connectivity index (χ1) is 13.9. The molecule has 29 heavy (non-hydrogen) atoms. The van der Waals surface area contributed by atoms with Crippen LogP contribution in [0, 0.1) is 30.1 Å². The number of carbonyl (C=O) groups excluding carboxylic acids is 2. The van der Waals surface area contributed by atoms with E-state index in [1.165, 1.54) is 38.5 Å². The van der Waals surface area contributed by atoms with Crippen LogP contribution in [0.4, 0.5) is 0 Å². The van der Waals surface area contributed by atoms with Crippen molar-refractivity contribution in [1.29, 1.82) is 0 Å². The number of carbonyl (C=O) groups is 2. The van der Waals surface area contributed by atoms with Gasteiger partial charge in [0.05, 0.1) is 13.0 Å². The lowest BCUT2D eigenvalue weighted by Crippen LogP contribution is -2.56. The van der Waals surface area contributed by atoms with Crippen molar-refractivity contribution >= 4 is 11.9 Å². The minimum atomic E-state index is -0.408. The highest BCUT2D eigenvalue weighted by molar-refractivity contribution is 5.80. The molecule has 0 radical (unpaired) electrons. The van der Waals surface area contributed by atoms with Gasteiger partial charge in [0, 0.05) is 6.04 Å². The molecule has 5 heteroatoms. The third kappa shape index (κ3) is 4.76. The van der Waals surface area contributed by atoms with E-state index >= 15 is 0 Å². The summed E-state index contributed by atoms with van der Waals surface area (Å²) in [7, 11) is 0. The minimum Gasteiger partial charge on any atom is -0.493 e. The van der Waals surface area contributed by atoms with E-state index in [-0.39, 0.29) is 37.0 Å². The van der Waals surface area contributed by atoms with E-state index in [0.717, 1.165) is 29.1 Å². The summed E-state index contributed by atoms with van der Waals surface area (Å²) in [4.78, 5) is 24.3. The number of hydrogen-bond acceptors (Lipinski definition) is 4. The van der Waals surface area contributed by atoms with Crippen molar-refractivity contribution in [3.63, 3.8) is 0 Å². The molecule has 1 N–H and O–H groups in total. The van der Waals surface area contributed by atoms with Crippen LogP contribution in [0.15, 0.2) is 24.3 Å². The van der Waals surface area contributed by atoms with Crippen LogP contribution in [0.2, 0.25) is 0 Å². The molecular weight excluding hydrogens is 366 g/mol. The van der Waals surface area contributed by atoms with Gasteiger partial charge in [-0.1, -0.05) is 17.7 Å². The molecule has 0 saturated heterocycles. The maximum Gasteiger partial charge on any atom is 0.309 e. The molecule has 5 rings (SSSR count). The van der Waals surface area contributed by atoms with Gasteiger partial charge in [-0.15, -0.1) is 0 Å². The van der Waals surface area contributed by atoms with Crippen LogP contribution in [-0.2, 0) is 14.3 Å². The first-order valence-corrected chi connectivity index (χ1v) is 11.1. The lowest BCUT2D eigenvalue weighted by Gasteiger charge is -2.59. The molecule has 4 saturated carbocycles. The predicted molar refractivity (Wildman–Crippen MR) is 110 cm³/mol. The predicted octanol–water partition coefficient (Wildman–Crippen LogP) is 4.03. The second kappa shape index (κ2) is 8.37. The van der Waals surface area contributed by atoms with Crippen LogP contribution in [0.5, 0.6) is 5.75 Å². The number of rotatable bonds is 8. The molecule has 1 atom stereocenters. The number of amides is 1. The number of nitrogens with one attached hydrogen (secondary N) is 1. The molecule has 1 amide bonds. The Labute approximate surface area is 173 Å². The molecule has 0 unspecified atom stereocenters. The Balaban J connectivity index is 1.17. The SMILES string of the molecule is Cc1ccc(OCCC(=O)OCC(=O)N[C@@H](C)C23CC4CC(CC(C4)C2)C3)cc1. The van der Waals surface area contributed by atoms with Crippen LogP contribution >= 0.6 is 0 Å². The Bertz CT molecular complexity index is 706. The summed E-state index contributed by atoms with van der Waals surface area (Å²) in [6.45, 7) is 4.19. The van der Waals surface area contributed by atoms with Crippen LogP contribution < -0.4 is 10.1 Å². The second-order valence-electron chi connectivity index (χ2n) is 9.64. The van der Waals surface area contributed by atoms with Gasteiger partial charge in [0.2, 0.25) is 0 Å². The second-order valence-corrected chi connectivity index (χ2v) is 9.64. The molecule has 0 spiro atoms. The van der Waals surface area contributed by atoms with Crippen LogP contribution in [0.25, 0.3) is 0 Å². The van der Waals surface area contributed by atoms with Gasteiger partial charge in [-0.25, -0.2) is 0 Å². The number of ether oxygens (including phenoxy) is 2. The Kier molecular flexibility index (Phi) is 5.84. The van der Waals surface area contributed by atoms with Gasteiger partial charge >= 0.3 is 5.97 Å². The lowest BCUT2D eigenvalue weighted by atomic mass is 9.48. The molecule has 0 aromatic heterocycles. The highest BCUT2D eigenvalue weighted by Crippen LogP contribution is 2.61. The van der Waals surface area contributed by atoms with Crippen molar-refractivity contribution in [1.82, 2.24) is 5.32 Å². The summed E-state index contributed by atoms with van der Waals surface area (Å²) in [5, 5.41) is 3.13. The summed E-state index contributed by atoms with van der Waals surface area (Å²) in [5.41, 5.74) is 1.42. The van der Waals surface area contributed by atoms with Gasteiger partial charge in [0.1, 0.15) is 5.75 Å². The van der Waals surface area contributed by atoms with Crippen molar-refractivity contribution < 1.29 is 19.1 Å². The third-order valence-corrected chi connectivity index (χ3v) is 7.34. The van der Waals surface area contributed by atoms with Crippen molar-refractivity contribution in [2.24, 2.45) is 23.2 Å². The van der Waals surface area contributed by atoms with Gasteiger partial charge in [-0.05, 0) is 87.7 Å². The molecule has 0 aliphatic heterocycles. The molecule has 4 aliphatic rings. The molecule has 4 aliphatic carbocycles. The summed E-state index contributed by atoms with van der Waals surface area (Å²) in [6, 6.07) is 7.82. The lowest BCUT2D eigenvalue weighted by molar-refractivity contribution is -0.150. The van der Waals surface area contributed by atoms with E-state index < -0.39 is 5.97 Å². The fraction of sp³-hybridized carbons (Fsp3) is 0.667. The fourth-order valence-corrected chi connectivity index (χ4v) is 6.25. The van der Waals surface area contributed by atoms with Crippen molar-refractivity contribution in [3.8, 4) is 5.75 Å². The van der Waals surface area contributed by atoms with Crippen molar-refractivity contribution in [3.05, 3.63) is 29.8 Å². The first kappa shape index (κ1) is 20.2. The summed E-state index contributed by atoms with van der Waals surface area (Å²) in [5.74, 6) is 2.69. The van der Waals surface area contributed by atoms with Gasteiger partial charge in [0.25, 0.3) is 5.91 Å². The van der Waals surface area contributed by atoms with Gasteiger partial charge in [-0.2, -0.15) is 0 Å². The molecule has 158 valence electrons. The average Bonchev–Trinajstić information content (AvgIpc) is 2.67. The number of hydrogen-bond donors (Lipinski definition) is 1. The van der Waals surface area contributed by atoms with E-state index in [0.29, 0.717) is 0 Å². The van der Waals surface area contributed by atoms with Crippen molar-refractivity contribution in [2.75, 3.05) is 13.2 Å². The standard InChI is InChI=1S/C24H33NO4/c1-16-3-5-21(6-4-16)28-8-7-23(27)29-15-22(26)25-17(2)24-12-18-9-19(13-24)11-20(10-18)14-24/h3-6,17-20H,7-15H2,1-2H3,(H,25,26)/t17-,18?,19?,20?,24?/m0/s1. The van der Waals surface area contributed by atoms with E-state index in [1.54, 1.807) is 0 Å². The summed E-state index contributed by atoms with van der Waals surface area (Å²) in [6.07, 6.45) is 8.04. The molecule has 1 aromatic carbocycles. The zero-order valence-electron chi connectivity index (χ0n) is 17.6. The van der Waals surface area contributed by atoms with E-state index in [9.17, 15) is 9.59 Å². The molecular formula is C24H33NO4. The quantitative estimate of drug-likeness (QED) is 0.671. The average molecular weight is 400 g/mol. The van der Waals surface area contributed by atoms with Crippen molar-refractivity contribution in [2.45, 2.75) is 64.8 Å². The third-order valence-electron chi connectivity index (χ3n) is 7.34. The Morgan fingerprint density at radius 3 is 2.24 bits per heavy atom. The van der Waals surface area contributed by atoms with Crippen LogP contribution in [0.3, 0.4) is 0 Å². The maximum absolute atomic E-state index is 12.4. The fourth-order valence-electron chi connectivity index (χ4n) is 6.25. The van der Waals surface area contributed by atoms with Gasteiger partial charge in [-0.3, -0.25) is 9.59 Å². The molecule has 5 nitrogen and oxygen atoms in total. The number of benzene rings is 1. The van der Waals surface area contributed by atoms with Crippen LogP contribution in [-0.4, -0.2) is 31.1 Å². The number of aryl methyl sites for hydroxylation is 1. The Morgan fingerprint density at radius 2 is 1.66 bits per heavy atom. The monoisotopic (exact) mass is 399 g/mol. The van der Waals surface area contributed by atoms with Gasteiger partial charge in [0.15, 0.2) is 6.61 Å². The topological polar surface area (TPSA) is 64.6 Å². The molecule has 1 aromatic rings. The van der Waals surface area contributed by atoms with E-state index in [1.807, 2.05) is 31.2 Å². The normalized spacial score (nSPS) is 30.6. The zero-order chi connectivity index (χ0) is 20.4. The first-order valence-electron chi connectivity index (χ1n) is 11.1. The largest absolute Gasteiger partial charge is 0.493 e. The molecule has 4 fully saturated rings. The minimum absolute atomic E-state index is 0.131. The molecule has 4 bridgehead atoms. The highest BCUT2D eigenvalue weighted by Gasteiger charge is 2.53. The Hall–Kier alpha value is -2.04. The maximum atomic E-state index is 12.4. The highest BCUT2D eigenvalue weighted by atomic mass is 16.5. The van der Waals surface area contributed by atoms with Crippen LogP contribution in [0.1, 0.15) is 57.4 Å².